The number of carbonyl (C=O) groups is 2. The van der Waals surface area contributed by atoms with Crippen LogP contribution in [-0.2, 0) is 9.59 Å². The van der Waals surface area contributed by atoms with Crippen LogP contribution >= 0.6 is 0 Å². The number of anilines is 1. The third-order valence-electron chi connectivity index (χ3n) is 3.48. The number of nitrogens with one attached hydrogen (secondary N) is 1. The second-order valence-corrected chi connectivity index (χ2v) is 4.83. The summed E-state index contributed by atoms with van der Waals surface area (Å²) in [5.74, 6) is -1.04. The number of fused-ring (bicyclic) bond motifs is 1. The van der Waals surface area contributed by atoms with Crippen molar-refractivity contribution in [3.63, 3.8) is 0 Å². The number of rotatable bonds is 1. The Hall–Kier alpha value is -2.43. The molecule has 1 N–H and O–H groups in total. The van der Waals surface area contributed by atoms with Crippen molar-refractivity contribution in [2.45, 2.75) is 12.8 Å². The van der Waals surface area contributed by atoms with Crippen LogP contribution in [0, 0.1) is 0 Å². The van der Waals surface area contributed by atoms with Crippen molar-refractivity contribution in [2.24, 2.45) is 0 Å². The Labute approximate surface area is 116 Å². The molecule has 2 amide bonds. The van der Waals surface area contributed by atoms with Crippen molar-refractivity contribution in [3.05, 3.63) is 36.5 Å². The van der Waals surface area contributed by atoms with Crippen LogP contribution in [0.2, 0.25) is 0 Å². The van der Waals surface area contributed by atoms with E-state index in [1.54, 1.807) is 23.2 Å². The van der Waals surface area contributed by atoms with Gasteiger partial charge in [-0.25, -0.2) is 0 Å². The van der Waals surface area contributed by atoms with Gasteiger partial charge in [-0.2, -0.15) is 0 Å². The lowest BCUT2D eigenvalue weighted by atomic mass is 10.2. The summed E-state index contributed by atoms with van der Waals surface area (Å²) in [4.78, 5) is 29.8. The van der Waals surface area contributed by atoms with E-state index < -0.39 is 11.8 Å². The summed E-state index contributed by atoms with van der Waals surface area (Å²) >= 11 is 0. The van der Waals surface area contributed by atoms with Gasteiger partial charge in [-0.05, 0) is 37.1 Å². The van der Waals surface area contributed by atoms with Crippen LogP contribution in [0.25, 0.3) is 10.9 Å². The highest BCUT2D eigenvalue weighted by atomic mass is 16.2. The van der Waals surface area contributed by atoms with Crippen molar-refractivity contribution in [3.8, 4) is 0 Å². The Bertz CT molecular complexity index is 658. The Balaban J connectivity index is 1.82. The number of hydrogen-bond acceptors (Lipinski definition) is 3. The van der Waals surface area contributed by atoms with Gasteiger partial charge in [0, 0.05) is 24.7 Å². The van der Waals surface area contributed by atoms with Crippen LogP contribution in [0.15, 0.2) is 36.5 Å². The topological polar surface area (TPSA) is 62.3 Å². The number of pyridine rings is 1. The molecule has 0 radical (unpaired) electrons. The summed E-state index contributed by atoms with van der Waals surface area (Å²) < 4.78 is 0. The molecule has 0 aliphatic carbocycles. The van der Waals surface area contributed by atoms with Gasteiger partial charge in [-0.3, -0.25) is 14.6 Å². The molecule has 1 aromatic carbocycles. The van der Waals surface area contributed by atoms with Crippen LogP contribution < -0.4 is 5.32 Å². The van der Waals surface area contributed by atoms with Gasteiger partial charge in [0.25, 0.3) is 0 Å². The Morgan fingerprint density at radius 2 is 1.90 bits per heavy atom. The molecule has 0 unspecified atom stereocenters. The smallest absolute Gasteiger partial charge is 0.313 e. The average Bonchev–Trinajstić information content (AvgIpc) is 3.01. The minimum Gasteiger partial charge on any atom is -0.334 e. The highest BCUT2D eigenvalue weighted by Crippen LogP contribution is 2.21. The zero-order valence-electron chi connectivity index (χ0n) is 11.0. The fourth-order valence-corrected chi connectivity index (χ4v) is 2.45. The minimum atomic E-state index is -0.580. The molecule has 0 saturated carbocycles. The number of aromatic nitrogens is 1. The predicted molar refractivity (Wildman–Crippen MR) is 76.2 cm³/mol. The highest BCUT2D eigenvalue weighted by molar-refractivity contribution is 6.40. The predicted octanol–water partition coefficient (Wildman–Crippen LogP) is 1.80. The molecule has 1 fully saturated rings. The normalized spacial score (nSPS) is 14.5. The molecule has 5 heteroatoms. The fraction of sp³-hybridized carbons (Fsp3) is 0.267. The van der Waals surface area contributed by atoms with Crippen LogP contribution in [-0.4, -0.2) is 34.8 Å². The van der Waals surface area contributed by atoms with Crippen LogP contribution in [0.5, 0.6) is 0 Å². The first-order chi connectivity index (χ1) is 9.75. The van der Waals surface area contributed by atoms with Gasteiger partial charge in [0.2, 0.25) is 0 Å². The molecule has 0 bridgehead atoms. The average molecular weight is 269 g/mol. The van der Waals surface area contributed by atoms with E-state index in [-0.39, 0.29) is 0 Å². The van der Waals surface area contributed by atoms with Gasteiger partial charge in [-0.15, -0.1) is 0 Å². The number of nitrogens with zero attached hydrogens (tertiary/aromatic N) is 2. The van der Waals surface area contributed by atoms with E-state index in [1.165, 1.54) is 0 Å². The number of hydrogen-bond donors (Lipinski definition) is 1. The summed E-state index contributed by atoms with van der Waals surface area (Å²) in [6.07, 6.45) is 3.64. The third kappa shape index (κ3) is 2.34. The van der Waals surface area contributed by atoms with E-state index in [4.69, 9.17) is 0 Å². The largest absolute Gasteiger partial charge is 0.334 e. The van der Waals surface area contributed by atoms with Gasteiger partial charge in [0.15, 0.2) is 0 Å². The maximum atomic E-state index is 12.0. The number of benzene rings is 1. The lowest BCUT2D eigenvalue weighted by Crippen LogP contribution is -2.37. The molecule has 1 aliphatic heterocycles. The van der Waals surface area contributed by atoms with Crippen LogP contribution in [0.1, 0.15) is 12.8 Å². The van der Waals surface area contributed by atoms with E-state index in [0.29, 0.717) is 18.8 Å². The first-order valence-electron chi connectivity index (χ1n) is 6.70. The summed E-state index contributed by atoms with van der Waals surface area (Å²) in [5, 5.41) is 3.52. The molecule has 20 heavy (non-hydrogen) atoms. The van der Waals surface area contributed by atoms with E-state index >= 15 is 0 Å². The Morgan fingerprint density at radius 3 is 2.70 bits per heavy atom. The second kappa shape index (κ2) is 5.28. The van der Waals surface area contributed by atoms with Crippen molar-refractivity contribution < 1.29 is 9.59 Å². The molecule has 0 spiro atoms. The van der Waals surface area contributed by atoms with E-state index in [1.807, 2.05) is 18.2 Å². The molecular weight excluding hydrogens is 254 g/mol. The lowest BCUT2D eigenvalue weighted by molar-refractivity contribution is -0.142. The van der Waals surface area contributed by atoms with E-state index in [0.717, 1.165) is 23.7 Å². The molecule has 1 aliphatic rings. The van der Waals surface area contributed by atoms with Gasteiger partial charge in [-0.1, -0.05) is 6.07 Å². The minimum absolute atomic E-state index is 0.455. The van der Waals surface area contributed by atoms with Crippen molar-refractivity contribution >= 4 is 28.4 Å². The summed E-state index contributed by atoms with van der Waals surface area (Å²) in [6, 6.07) is 9.14. The fourth-order valence-electron chi connectivity index (χ4n) is 2.45. The molecule has 3 rings (SSSR count). The maximum Gasteiger partial charge on any atom is 0.313 e. The number of carbonyl (C=O) groups excluding carboxylic acids is 2. The number of amides is 2. The molecule has 1 saturated heterocycles. The van der Waals surface area contributed by atoms with Gasteiger partial charge in [0.1, 0.15) is 0 Å². The summed E-state index contributed by atoms with van der Waals surface area (Å²) in [5.41, 5.74) is 1.41. The monoisotopic (exact) mass is 269 g/mol. The maximum absolute atomic E-state index is 12.0. The Morgan fingerprint density at radius 1 is 1.10 bits per heavy atom. The van der Waals surface area contributed by atoms with Gasteiger partial charge in [0.05, 0.1) is 11.2 Å². The van der Waals surface area contributed by atoms with Crippen LogP contribution in [0.4, 0.5) is 5.69 Å². The third-order valence-corrected chi connectivity index (χ3v) is 3.48. The first kappa shape index (κ1) is 12.6. The van der Waals surface area contributed by atoms with Crippen molar-refractivity contribution in [2.75, 3.05) is 18.4 Å². The molecule has 5 nitrogen and oxygen atoms in total. The lowest BCUT2D eigenvalue weighted by Gasteiger charge is -2.15. The molecule has 102 valence electrons. The zero-order valence-corrected chi connectivity index (χ0v) is 11.0. The SMILES string of the molecule is O=C(Nc1cccc2ncccc12)C(=O)N1CCCC1. The van der Waals surface area contributed by atoms with E-state index in [2.05, 4.69) is 10.3 Å². The van der Waals surface area contributed by atoms with Crippen molar-refractivity contribution in [1.29, 1.82) is 0 Å². The second-order valence-electron chi connectivity index (χ2n) is 4.83. The highest BCUT2D eigenvalue weighted by Gasteiger charge is 2.24. The van der Waals surface area contributed by atoms with Gasteiger partial charge >= 0.3 is 11.8 Å². The standard InChI is InChI=1S/C15H15N3O2/c19-14(15(20)18-9-1-2-10-18)17-13-7-3-6-12-11(13)5-4-8-16-12/h3-8H,1-2,9-10H2,(H,17,19). The first-order valence-corrected chi connectivity index (χ1v) is 6.70. The van der Waals surface area contributed by atoms with Crippen molar-refractivity contribution in [1.82, 2.24) is 9.88 Å². The molecule has 2 aromatic rings. The van der Waals surface area contributed by atoms with Crippen LogP contribution in [0.3, 0.4) is 0 Å². The molecular formula is C15H15N3O2. The molecule has 0 atom stereocenters. The quantitative estimate of drug-likeness (QED) is 0.803. The summed E-state index contributed by atoms with van der Waals surface area (Å²) in [6.45, 7) is 1.34. The zero-order chi connectivity index (χ0) is 13.9. The Kier molecular flexibility index (Phi) is 3.33. The van der Waals surface area contributed by atoms with Gasteiger partial charge < -0.3 is 10.2 Å². The summed E-state index contributed by atoms with van der Waals surface area (Å²) in [7, 11) is 0. The van der Waals surface area contributed by atoms with E-state index in [9.17, 15) is 9.59 Å². The number of likely N-dealkylation sites (tertiary alicyclic amines) is 1. The molecule has 1 aromatic heterocycles. The molecule has 2 heterocycles.